The molecule has 7 nitrogen and oxygen atoms in total. The van der Waals surface area contributed by atoms with Crippen LogP contribution in [0.2, 0.25) is 0 Å². The summed E-state index contributed by atoms with van der Waals surface area (Å²) in [6.07, 6.45) is 8.44. The molecule has 0 aromatic carbocycles. The minimum Gasteiger partial charge on any atom is -0.506 e. The first-order chi connectivity index (χ1) is 12.7. The number of likely N-dealkylation sites (tertiary alicyclic amines) is 1. The largest absolute Gasteiger partial charge is 0.506 e. The molecule has 0 spiro atoms. The molecule has 2 atom stereocenters. The van der Waals surface area contributed by atoms with Crippen LogP contribution in [0.1, 0.15) is 34.7 Å². The minimum atomic E-state index is -0.0601. The molecule has 2 aromatic rings. The van der Waals surface area contributed by atoms with E-state index < -0.39 is 0 Å². The summed E-state index contributed by atoms with van der Waals surface area (Å²) in [6.45, 7) is 2.35. The highest BCUT2D eigenvalue weighted by molar-refractivity contribution is 5.94. The second-order valence-electron chi connectivity index (χ2n) is 7.00. The molecule has 0 saturated carbocycles. The Labute approximate surface area is 152 Å². The van der Waals surface area contributed by atoms with Gasteiger partial charge in [-0.05, 0) is 42.5 Å². The van der Waals surface area contributed by atoms with E-state index in [2.05, 4.69) is 33.0 Å². The van der Waals surface area contributed by atoms with Crippen molar-refractivity contribution in [1.29, 1.82) is 0 Å². The van der Waals surface area contributed by atoms with Crippen molar-refractivity contribution in [1.82, 2.24) is 25.7 Å². The van der Waals surface area contributed by atoms with Crippen LogP contribution in [0.25, 0.3) is 0 Å². The van der Waals surface area contributed by atoms with Gasteiger partial charge in [-0.3, -0.25) is 25.6 Å². The molecule has 2 saturated heterocycles. The summed E-state index contributed by atoms with van der Waals surface area (Å²) >= 11 is 0. The van der Waals surface area contributed by atoms with E-state index in [0.29, 0.717) is 23.4 Å². The van der Waals surface area contributed by atoms with Crippen LogP contribution in [-0.2, 0) is 0 Å². The van der Waals surface area contributed by atoms with E-state index in [1.165, 1.54) is 24.0 Å². The highest BCUT2D eigenvalue weighted by atomic mass is 16.3. The van der Waals surface area contributed by atoms with Gasteiger partial charge >= 0.3 is 0 Å². The van der Waals surface area contributed by atoms with E-state index in [1.54, 1.807) is 0 Å². The molecule has 3 N–H and O–H groups in total. The number of nitrogens with zero attached hydrogens (tertiary/aromatic N) is 3. The van der Waals surface area contributed by atoms with E-state index in [9.17, 15) is 9.90 Å². The third kappa shape index (κ3) is 3.40. The SMILES string of the molecule is O=C(c1cncc(O)c1)N1CCC(C2NNCC2c2ccncc2)CC1. The Hall–Kier alpha value is -2.51. The van der Waals surface area contributed by atoms with Gasteiger partial charge in [-0.25, -0.2) is 0 Å². The quantitative estimate of drug-likeness (QED) is 0.770. The third-order valence-electron chi connectivity index (χ3n) is 5.46. The first-order valence-corrected chi connectivity index (χ1v) is 9.04. The van der Waals surface area contributed by atoms with Crippen molar-refractivity contribution in [2.45, 2.75) is 24.8 Å². The third-order valence-corrected chi connectivity index (χ3v) is 5.46. The van der Waals surface area contributed by atoms with Crippen LogP contribution in [0.15, 0.2) is 43.0 Å². The van der Waals surface area contributed by atoms with Crippen molar-refractivity contribution in [3.63, 3.8) is 0 Å². The lowest BCUT2D eigenvalue weighted by Gasteiger charge is -2.36. The molecule has 2 unspecified atom stereocenters. The molecule has 0 aliphatic carbocycles. The molecule has 7 heteroatoms. The molecular weight excluding hydrogens is 330 g/mol. The van der Waals surface area contributed by atoms with Crippen LogP contribution >= 0.6 is 0 Å². The predicted molar refractivity (Wildman–Crippen MR) is 96.4 cm³/mol. The molecule has 2 aliphatic rings. The maximum atomic E-state index is 12.6. The number of hydrogen-bond acceptors (Lipinski definition) is 6. The van der Waals surface area contributed by atoms with Gasteiger partial charge in [0, 0.05) is 50.2 Å². The fraction of sp³-hybridized carbons (Fsp3) is 0.421. The van der Waals surface area contributed by atoms with Gasteiger partial charge in [0.1, 0.15) is 5.75 Å². The maximum absolute atomic E-state index is 12.6. The van der Waals surface area contributed by atoms with Gasteiger partial charge in [0.05, 0.1) is 11.8 Å². The Balaban J connectivity index is 1.39. The number of hydrogen-bond donors (Lipinski definition) is 3. The summed E-state index contributed by atoms with van der Waals surface area (Å²) in [5.74, 6) is 0.886. The van der Waals surface area contributed by atoms with Crippen molar-refractivity contribution in [3.05, 3.63) is 54.1 Å². The molecular formula is C19H23N5O2. The van der Waals surface area contributed by atoms with Gasteiger partial charge in [0.25, 0.3) is 5.91 Å². The van der Waals surface area contributed by atoms with Crippen LogP contribution in [0, 0.1) is 5.92 Å². The van der Waals surface area contributed by atoms with E-state index in [0.717, 1.165) is 32.5 Å². The fourth-order valence-electron chi connectivity index (χ4n) is 4.09. The summed E-state index contributed by atoms with van der Waals surface area (Å²) in [5.41, 5.74) is 8.48. The second-order valence-corrected chi connectivity index (χ2v) is 7.00. The van der Waals surface area contributed by atoms with Gasteiger partial charge in [-0.1, -0.05) is 0 Å². The number of amides is 1. The summed E-state index contributed by atoms with van der Waals surface area (Å²) in [6, 6.07) is 6.00. The van der Waals surface area contributed by atoms with Gasteiger partial charge < -0.3 is 10.0 Å². The molecule has 2 fully saturated rings. The Kier molecular flexibility index (Phi) is 4.81. The zero-order valence-electron chi connectivity index (χ0n) is 14.5. The highest BCUT2D eigenvalue weighted by Gasteiger charge is 2.37. The van der Waals surface area contributed by atoms with Crippen molar-refractivity contribution >= 4 is 5.91 Å². The van der Waals surface area contributed by atoms with E-state index >= 15 is 0 Å². The summed E-state index contributed by atoms with van der Waals surface area (Å²) in [4.78, 5) is 22.5. The van der Waals surface area contributed by atoms with Gasteiger partial charge in [0.15, 0.2) is 0 Å². The molecule has 0 bridgehead atoms. The second kappa shape index (κ2) is 7.39. The number of pyridine rings is 2. The number of hydrazine groups is 1. The van der Waals surface area contributed by atoms with Crippen LogP contribution in [0.4, 0.5) is 0 Å². The van der Waals surface area contributed by atoms with E-state index in [1.807, 2.05) is 17.3 Å². The van der Waals surface area contributed by atoms with Crippen molar-refractivity contribution in [3.8, 4) is 5.75 Å². The minimum absolute atomic E-state index is 0.0205. The topological polar surface area (TPSA) is 90.4 Å². The first kappa shape index (κ1) is 16.9. The van der Waals surface area contributed by atoms with Crippen LogP contribution in [0.5, 0.6) is 5.75 Å². The molecule has 0 radical (unpaired) electrons. The number of aromatic hydroxyl groups is 1. The Bertz CT molecular complexity index is 762. The Morgan fingerprint density at radius 2 is 1.92 bits per heavy atom. The molecule has 2 aromatic heterocycles. The van der Waals surface area contributed by atoms with Gasteiger partial charge in [-0.2, -0.15) is 0 Å². The standard InChI is InChI=1S/C19H23N5O2/c25-16-9-15(10-21-11-16)19(26)24-7-3-14(4-8-24)18-17(12-22-23-18)13-1-5-20-6-2-13/h1-2,5-6,9-11,14,17-18,22-23,25H,3-4,7-8,12H2. The molecule has 4 heterocycles. The lowest BCUT2D eigenvalue weighted by atomic mass is 9.80. The van der Waals surface area contributed by atoms with Crippen LogP contribution in [-0.4, -0.2) is 51.6 Å². The van der Waals surface area contributed by atoms with Crippen molar-refractivity contribution < 1.29 is 9.90 Å². The number of carbonyl (C=O) groups is 1. The Morgan fingerprint density at radius 1 is 1.15 bits per heavy atom. The smallest absolute Gasteiger partial charge is 0.255 e. The lowest BCUT2D eigenvalue weighted by molar-refractivity contribution is 0.0669. The number of piperidine rings is 1. The number of nitrogens with one attached hydrogen (secondary N) is 2. The molecule has 2 aliphatic heterocycles. The average Bonchev–Trinajstić information content (AvgIpc) is 3.18. The summed E-state index contributed by atoms with van der Waals surface area (Å²) in [7, 11) is 0. The van der Waals surface area contributed by atoms with Crippen LogP contribution in [0.3, 0.4) is 0 Å². The predicted octanol–water partition coefficient (Wildman–Crippen LogP) is 1.29. The van der Waals surface area contributed by atoms with Gasteiger partial charge in [-0.15, -0.1) is 0 Å². The van der Waals surface area contributed by atoms with E-state index in [4.69, 9.17) is 0 Å². The lowest BCUT2D eigenvalue weighted by Crippen LogP contribution is -2.45. The molecule has 26 heavy (non-hydrogen) atoms. The summed E-state index contributed by atoms with van der Waals surface area (Å²) < 4.78 is 0. The zero-order chi connectivity index (χ0) is 17.9. The zero-order valence-corrected chi connectivity index (χ0v) is 14.5. The van der Waals surface area contributed by atoms with Crippen molar-refractivity contribution in [2.75, 3.05) is 19.6 Å². The molecule has 4 rings (SSSR count). The fourth-order valence-corrected chi connectivity index (χ4v) is 4.09. The normalized spacial score (nSPS) is 23.9. The molecule has 1 amide bonds. The monoisotopic (exact) mass is 353 g/mol. The summed E-state index contributed by atoms with van der Waals surface area (Å²) in [5, 5.41) is 9.53. The highest BCUT2D eigenvalue weighted by Crippen LogP contribution is 2.32. The van der Waals surface area contributed by atoms with Crippen molar-refractivity contribution in [2.24, 2.45) is 5.92 Å². The number of rotatable bonds is 3. The van der Waals surface area contributed by atoms with Crippen LogP contribution < -0.4 is 10.9 Å². The maximum Gasteiger partial charge on any atom is 0.255 e. The Morgan fingerprint density at radius 3 is 2.65 bits per heavy atom. The van der Waals surface area contributed by atoms with E-state index in [-0.39, 0.29) is 11.7 Å². The first-order valence-electron chi connectivity index (χ1n) is 9.04. The average molecular weight is 353 g/mol. The van der Waals surface area contributed by atoms with Gasteiger partial charge in [0.2, 0.25) is 0 Å². The molecule has 136 valence electrons. The number of aromatic nitrogens is 2. The number of carbonyl (C=O) groups excluding carboxylic acids is 1.